The minimum atomic E-state index is -1.00. The summed E-state index contributed by atoms with van der Waals surface area (Å²) in [6, 6.07) is 23.4. The molecule has 3 aromatic rings. The monoisotopic (exact) mass is 396 g/mol. The predicted octanol–water partition coefficient (Wildman–Crippen LogP) is 6.17. The highest BCUT2D eigenvalue weighted by molar-refractivity contribution is 7.99. The molecule has 0 saturated carbocycles. The standard InChI is InChI=1S/C22H17ClO3S/c23-21-14-20(11-9-17(21)10-12-22(24)25)27-19-8-4-7-18(13-19)26-15-16-5-2-1-3-6-16/h1-14H,15H2,(H,24,25)/b12-10+. The lowest BCUT2D eigenvalue weighted by atomic mass is 10.2. The molecular weight excluding hydrogens is 380 g/mol. The molecule has 0 saturated heterocycles. The summed E-state index contributed by atoms with van der Waals surface area (Å²) >= 11 is 7.81. The van der Waals surface area contributed by atoms with Crippen molar-refractivity contribution in [2.75, 3.05) is 0 Å². The first-order valence-electron chi connectivity index (χ1n) is 8.25. The predicted molar refractivity (Wildman–Crippen MR) is 109 cm³/mol. The Morgan fingerprint density at radius 2 is 1.78 bits per heavy atom. The van der Waals surface area contributed by atoms with Gasteiger partial charge in [0.1, 0.15) is 12.4 Å². The molecule has 3 aromatic carbocycles. The van der Waals surface area contributed by atoms with Crippen LogP contribution in [0.25, 0.3) is 6.08 Å². The van der Waals surface area contributed by atoms with Gasteiger partial charge in [0, 0.05) is 20.9 Å². The Bertz CT molecular complexity index is 955. The zero-order valence-electron chi connectivity index (χ0n) is 14.3. The number of hydrogen-bond acceptors (Lipinski definition) is 3. The van der Waals surface area contributed by atoms with Gasteiger partial charge in [-0.3, -0.25) is 0 Å². The Hall–Kier alpha value is -2.69. The maximum atomic E-state index is 10.6. The van der Waals surface area contributed by atoms with Gasteiger partial charge in [0.15, 0.2) is 0 Å². The third-order valence-electron chi connectivity index (χ3n) is 3.67. The van der Waals surface area contributed by atoms with Crippen molar-refractivity contribution in [3.63, 3.8) is 0 Å². The van der Waals surface area contributed by atoms with Gasteiger partial charge in [-0.2, -0.15) is 0 Å². The Kier molecular flexibility index (Phi) is 6.58. The van der Waals surface area contributed by atoms with E-state index in [9.17, 15) is 4.79 Å². The molecule has 5 heteroatoms. The second-order valence-electron chi connectivity index (χ2n) is 5.71. The van der Waals surface area contributed by atoms with Crippen LogP contribution in [-0.2, 0) is 11.4 Å². The van der Waals surface area contributed by atoms with Gasteiger partial charge in [-0.15, -0.1) is 0 Å². The molecule has 0 aliphatic heterocycles. The Balaban J connectivity index is 1.67. The van der Waals surface area contributed by atoms with E-state index in [2.05, 4.69) is 0 Å². The van der Waals surface area contributed by atoms with Crippen molar-refractivity contribution in [2.45, 2.75) is 16.4 Å². The van der Waals surface area contributed by atoms with Crippen molar-refractivity contribution in [1.82, 2.24) is 0 Å². The van der Waals surface area contributed by atoms with Crippen molar-refractivity contribution < 1.29 is 14.6 Å². The van der Waals surface area contributed by atoms with Gasteiger partial charge in [-0.05, 0) is 47.5 Å². The average molecular weight is 397 g/mol. The molecule has 0 atom stereocenters. The zero-order chi connectivity index (χ0) is 19.1. The van der Waals surface area contributed by atoms with Crippen LogP contribution >= 0.6 is 23.4 Å². The molecule has 3 nitrogen and oxygen atoms in total. The van der Waals surface area contributed by atoms with Gasteiger partial charge in [0.25, 0.3) is 0 Å². The summed E-state index contributed by atoms with van der Waals surface area (Å²) in [5, 5.41) is 9.22. The molecule has 27 heavy (non-hydrogen) atoms. The number of carboxylic acids is 1. The molecule has 0 unspecified atom stereocenters. The number of carbonyl (C=O) groups is 1. The fourth-order valence-electron chi connectivity index (χ4n) is 2.37. The van der Waals surface area contributed by atoms with Crippen LogP contribution in [0, 0.1) is 0 Å². The first kappa shape index (κ1) is 19.1. The van der Waals surface area contributed by atoms with E-state index in [4.69, 9.17) is 21.4 Å². The number of rotatable bonds is 7. The minimum Gasteiger partial charge on any atom is -0.489 e. The number of halogens is 1. The normalized spacial score (nSPS) is 10.9. The summed E-state index contributed by atoms with van der Waals surface area (Å²) in [6.45, 7) is 0.519. The largest absolute Gasteiger partial charge is 0.489 e. The van der Waals surface area contributed by atoms with Gasteiger partial charge in [-0.1, -0.05) is 65.8 Å². The summed E-state index contributed by atoms with van der Waals surface area (Å²) in [4.78, 5) is 12.6. The third kappa shape index (κ3) is 5.91. The van der Waals surface area contributed by atoms with Gasteiger partial charge < -0.3 is 9.84 Å². The molecule has 0 aliphatic rings. The Morgan fingerprint density at radius 3 is 2.52 bits per heavy atom. The number of benzene rings is 3. The van der Waals surface area contributed by atoms with Gasteiger partial charge in [-0.25, -0.2) is 4.79 Å². The molecule has 0 spiro atoms. The molecule has 0 radical (unpaired) electrons. The molecule has 136 valence electrons. The lowest BCUT2D eigenvalue weighted by Crippen LogP contribution is -1.94. The van der Waals surface area contributed by atoms with E-state index in [-0.39, 0.29) is 0 Å². The highest BCUT2D eigenvalue weighted by Crippen LogP contribution is 2.33. The first-order chi connectivity index (χ1) is 13.1. The van der Waals surface area contributed by atoms with Crippen molar-refractivity contribution >= 4 is 35.4 Å². The molecule has 0 heterocycles. The lowest BCUT2D eigenvalue weighted by molar-refractivity contribution is -0.131. The van der Waals surface area contributed by atoms with E-state index in [0.29, 0.717) is 17.2 Å². The maximum absolute atomic E-state index is 10.6. The second kappa shape index (κ2) is 9.31. The van der Waals surface area contributed by atoms with Gasteiger partial charge in [0.2, 0.25) is 0 Å². The smallest absolute Gasteiger partial charge is 0.328 e. The Morgan fingerprint density at radius 1 is 1.00 bits per heavy atom. The summed E-state index contributed by atoms with van der Waals surface area (Å²) in [7, 11) is 0. The highest BCUT2D eigenvalue weighted by atomic mass is 35.5. The minimum absolute atomic E-state index is 0.508. The molecule has 0 aliphatic carbocycles. The van der Waals surface area contributed by atoms with Crippen molar-refractivity contribution in [3.8, 4) is 5.75 Å². The van der Waals surface area contributed by atoms with Crippen LogP contribution in [0.5, 0.6) is 5.75 Å². The van der Waals surface area contributed by atoms with Crippen LogP contribution in [0.3, 0.4) is 0 Å². The van der Waals surface area contributed by atoms with Crippen LogP contribution < -0.4 is 4.74 Å². The highest BCUT2D eigenvalue weighted by Gasteiger charge is 2.04. The zero-order valence-corrected chi connectivity index (χ0v) is 15.9. The van der Waals surface area contributed by atoms with E-state index >= 15 is 0 Å². The molecular formula is C22H17ClO3S. The molecule has 0 bridgehead atoms. The van der Waals surface area contributed by atoms with Crippen LogP contribution in [0.15, 0.2) is 88.7 Å². The van der Waals surface area contributed by atoms with E-state index in [1.807, 2.05) is 66.7 Å². The molecule has 1 N–H and O–H groups in total. The average Bonchev–Trinajstić information content (AvgIpc) is 2.67. The lowest BCUT2D eigenvalue weighted by Gasteiger charge is -2.09. The molecule has 0 fully saturated rings. The topological polar surface area (TPSA) is 46.5 Å². The SMILES string of the molecule is O=C(O)/C=C/c1ccc(Sc2cccc(OCc3ccccc3)c2)cc1Cl. The van der Waals surface area contributed by atoms with Crippen LogP contribution in [0.2, 0.25) is 5.02 Å². The van der Waals surface area contributed by atoms with E-state index in [0.717, 1.165) is 27.2 Å². The van der Waals surface area contributed by atoms with Crippen LogP contribution in [0.1, 0.15) is 11.1 Å². The van der Waals surface area contributed by atoms with Crippen molar-refractivity contribution in [2.24, 2.45) is 0 Å². The van der Waals surface area contributed by atoms with Crippen molar-refractivity contribution in [1.29, 1.82) is 0 Å². The fourth-order valence-corrected chi connectivity index (χ4v) is 3.59. The second-order valence-corrected chi connectivity index (χ2v) is 7.26. The van der Waals surface area contributed by atoms with E-state index in [1.54, 1.807) is 17.8 Å². The van der Waals surface area contributed by atoms with E-state index in [1.165, 1.54) is 6.08 Å². The summed E-state index contributed by atoms with van der Waals surface area (Å²) in [6.07, 6.45) is 2.55. The molecule has 0 aromatic heterocycles. The molecule has 0 amide bonds. The third-order valence-corrected chi connectivity index (χ3v) is 4.97. The first-order valence-corrected chi connectivity index (χ1v) is 9.45. The quantitative estimate of drug-likeness (QED) is 0.485. The van der Waals surface area contributed by atoms with E-state index < -0.39 is 5.97 Å². The van der Waals surface area contributed by atoms with Crippen molar-refractivity contribution in [3.05, 3.63) is 95.0 Å². The van der Waals surface area contributed by atoms with Crippen LogP contribution in [0.4, 0.5) is 0 Å². The van der Waals surface area contributed by atoms with Gasteiger partial charge in [0.05, 0.1) is 0 Å². The number of aliphatic carboxylic acids is 1. The van der Waals surface area contributed by atoms with Crippen LogP contribution in [-0.4, -0.2) is 11.1 Å². The Labute approximate surface area is 167 Å². The number of carboxylic acid groups (broad SMARTS) is 1. The maximum Gasteiger partial charge on any atom is 0.328 e. The summed E-state index contributed by atoms with van der Waals surface area (Å²) in [5.74, 6) is -0.201. The number of ether oxygens (including phenoxy) is 1. The number of hydrogen-bond donors (Lipinski definition) is 1. The van der Waals surface area contributed by atoms with Gasteiger partial charge >= 0.3 is 5.97 Å². The fraction of sp³-hybridized carbons (Fsp3) is 0.0455. The summed E-state index contributed by atoms with van der Waals surface area (Å²) < 4.78 is 5.86. The summed E-state index contributed by atoms with van der Waals surface area (Å²) in [5.41, 5.74) is 1.79. The molecule has 3 rings (SSSR count).